The summed E-state index contributed by atoms with van der Waals surface area (Å²) >= 11 is 0. The van der Waals surface area contributed by atoms with Crippen LogP contribution >= 0.6 is 0 Å². The smallest absolute Gasteiger partial charge is 0.208 e. The van der Waals surface area contributed by atoms with Gasteiger partial charge in [0.1, 0.15) is 18.0 Å². The second kappa shape index (κ2) is 7.36. The highest BCUT2D eigenvalue weighted by Crippen LogP contribution is 2.27. The van der Waals surface area contributed by atoms with E-state index in [2.05, 4.69) is 25.4 Å². The second-order valence-corrected chi connectivity index (χ2v) is 6.56. The predicted octanol–water partition coefficient (Wildman–Crippen LogP) is 0.237. The van der Waals surface area contributed by atoms with E-state index in [-0.39, 0.29) is 5.92 Å². The van der Waals surface area contributed by atoms with Gasteiger partial charge < -0.3 is 10.7 Å². The van der Waals surface area contributed by atoms with Gasteiger partial charge in [-0.1, -0.05) is 13.8 Å². The Kier molecular flexibility index (Phi) is 6.11. The van der Waals surface area contributed by atoms with Gasteiger partial charge in [0.25, 0.3) is 0 Å². The van der Waals surface area contributed by atoms with Gasteiger partial charge in [-0.25, -0.2) is 29.0 Å². The van der Waals surface area contributed by atoms with Crippen LogP contribution in [0.1, 0.15) is 31.7 Å². The van der Waals surface area contributed by atoms with E-state index < -0.39 is 10.0 Å². The summed E-state index contributed by atoms with van der Waals surface area (Å²) < 4.78 is 24.3. The molecule has 8 nitrogen and oxygen atoms in total. The molecule has 0 aromatic carbocycles. The van der Waals surface area contributed by atoms with E-state index in [1.807, 2.05) is 13.8 Å². The highest BCUT2D eigenvalue weighted by molar-refractivity contribution is 7.88. The summed E-state index contributed by atoms with van der Waals surface area (Å²) in [6, 6.07) is 0. The average Bonchev–Trinajstić information content (AvgIpc) is 2.36. The predicted molar refractivity (Wildman–Crippen MR) is 79.9 cm³/mol. The van der Waals surface area contributed by atoms with Gasteiger partial charge in [0.05, 0.1) is 6.26 Å². The molecule has 0 saturated carbocycles. The van der Waals surface area contributed by atoms with Gasteiger partial charge in [-0.3, -0.25) is 0 Å². The van der Waals surface area contributed by atoms with Crippen LogP contribution < -0.4 is 21.3 Å². The molecule has 0 spiro atoms. The van der Waals surface area contributed by atoms with E-state index in [9.17, 15) is 8.42 Å². The number of nitrogens with zero attached hydrogens (tertiary/aromatic N) is 2. The number of rotatable bonds is 8. The first-order valence-electron chi connectivity index (χ1n) is 6.35. The normalized spacial score (nSPS) is 11.7. The van der Waals surface area contributed by atoms with Gasteiger partial charge in [-0.2, -0.15) is 0 Å². The van der Waals surface area contributed by atoms with Gasteiger partial charge in [0.15, 0.2) is 0 Å². The Morgan fingerprint density at radius 1 is 1.25 bits per heavy atom. The SMILES string of the molecule is CC(C)c1c(NN)ncnc1NCCCNS(C)(=O)=O. The van der Waals surface area contributed by atoms with Crippen molar-refractivity contribution in [1.82, 2.24) is 14.7 Å². The zero-order valence-corrected chi connectivity index (χ0v) is 12.8. The molecule has 114 valence electrons. The maximum atomic E-state index is 10.9. The molecule has 0 unspecified atom stereocenters. The number of hydrogen-bond donors (Lipinski definition) is 4. The van der Waals surface area contributed by atoms with Crippen LogP contribution in [0.5, 0.6) is 0 Å². The number of hydrazine groups is 1. The maximum Gasteiger partial charge on any atom is 0.208 e. The summed E-state index contributed by atoms with van der Waals surface area (Å²) in [7, 11) is -3.13. The summed E-state index contributed by atoms with van der Waals surface area (Å²) in [5.41, 5.74) is 3.46. The number of hydrogen-bond acceptors (Lipinski definition) is 7. The van der Waals surface area contributed by atoms with Gasteiger partial charge in [0, 0.05) is 18.7 Å². The van der Waals surface area contributed by atoms with E-state index in [1.54, 1.807) is 0 Å². The summed E-state index contributed by atoms with van der Waals surface area (Å²) in [5.74, 6) is 6.94. The molecule has 1 rings (SSSR count). The monoisotopic (exact) mass is 302 g/mol. The first kappa shape index (κ1) is 16.6. The summed E-state index contributed by atoms with van der Waals surface area (Å²) in [6.45, 7) is 5.03. The Morgan fingerprint density at radius 3 is 2.45 bits per heavy atom. The Hall–Kier alpha value is -1.45. The van der Waals surface area contributed by atoms with Crippen LogP contribution in [-0.4, -0.2) is 37.7 Å². The fourth-order valence-electron chi connectivity index (χ4n) is 1.75. The van der Waals surface area contributed by atoms with Crippen molar-refractivity contribution in [2.24, 2.45) is 5.84 Å². The first-order valence-corrected chi connectivity index (χ1v) is 8.24. The molecule has 0 bridgehead atoms. The molecule has 20 heavy (non-hydrogen) atoms. The number of aromatic nitrogens is 2. The van der Waals surface area contributed by atoms with E-state index in [1.165, 1.54) is 6.33 Å². The van der Waals surface area contributed by atoms with Crippen molar-refractivity contribution < 1.29 is 8.42 Å². The molecule has 1 aromatic heterocycles. The molecule has 5 N–H and O–H groups in total. The van der Waals surface area contributed by atoms with Crippen LogP contribution in [0.25, 0.3) is 0 Å². The molecule has 9 heteroatoms. The number of sulfonamides is 1. The third-order valence-electron chi connectivity index (χ3n) is 2.61. The van der Waals surface area contributed by atoms with Gasteiger partial charge >= 0.3 is 0 Å². The molecule has 1 aromatic rings. The summed E-state index contributed by atoms with van der Waals surface area (Å²) in [5, 5.41) is 3.17. The Bertz CT molecular complexity index is 532. The zero-order valence-electron chi connectivity index (χ0n) is 12.0. The molecule has 0 fully saturated rings. The second-order valence-electron chi connectivity index (χ2n) is 4.73. The lowest BCUT2D eigenvalue weighted by Gasteiger charge is -2.16. The van der Waals surface area contributed by atoms with E-state index in [0.717, 1.165) is 11.8 Å². The highest BCUT2D eigenvalue weighted by atomic mass is 32.2. The molecule has 0 amide bonds. The first-order chi connectivity index (χ1) is 9.35. The highest BCUT2D eigenvalue weighted by Gasteiger charge is 2.13. The zero-order chi connectivity index (χ0) is 15.2. The van der Waals surface area contributed by atoms with Crippen LogP contribution in [0.15, 0.2) is 6.33 Å². The Balaban J connectivity index is 2.60. The molecule has 0 radical (unpaired) electrons. The van der Waals surface area contributed by atoms with Crippen molar-refractivity contribution in [3.05, 3.63) is 11.9 Å². The van der Waals surface area contributed by atoms with Crippen molar-refractivity contribution in [3.63, 3.8) is 0 Å². The minimum Gasteiger partial charge on any atom is -0.370 e. The molecule has 0 saturated heterocycles. The van der Waals surface area contributed by atoms with Gasteiger partial charge in [-0.15, -0.1) is 0 Å². The third-order valence-corrected chi connectivity index (χ3v) is 3.34. The summed E-state index contributed by atoms with van der Waals surface area (Å²) in [4.78, 5) is 8.28. The largest absolute Gasteiger partial charge is 0.370 e. The summed E-state index contributed by atoms with van der Waals surface area (Å²) in [6.07, 6.45) is 3.22. The maximum absolute atomic E-state index is 10.9. The van der Waals surface area contributed by atoms with Crippen LogP contribution in [-0.2, 0) is 10.0 Å². The molecule has 0 aliphatic heterocycles. The molecule has 0 aliphatic carbocycles. The van der Waals surface area contributed by atoms with Crippen molar-refractivity contribution in [2.45, 2.75) is 26.2 Å². The van der Waals surface area contributed by atoms with Crippen molar-refractivity contribution in [2.75, 3.05) is 30.1 Å². The van der Waals surface area contributed by atoms with E-state index in [0.29, 0.717) is 31.1 Å². The minimum absolute atomic E-state index is 0.207. The molecule has 1 heterocycles. The Labute approximate surface area is 119 Å². The van der Waals surface area contributed by atoms with E-state index >= 15 is 0 Å². The third kappa shape index (κ3) is 5.27. The molecular weight excluding hydrogens is 280 g/mol. The number of nitrogens with one attached hydrogen (secondary N) is 3. The fraction of sp³-hybridized carbons (Fsp3) is 0.636. The lowest BCUT2D eigenvalue weighted by Crippen LogP contribution is -2.24. The molecular formula is C11H22N6O2S. The van der Waals surface area contributed by atoms with Crippen LogP contribution in [0, 0.1) is 0 Å². The van der Waals surface area contributed by atoms with E-state index in [4.69, 9.17) is 5.84 Å². The van der Waals surface area contributed by atoms with Crippen molar-refractivity contribution >= 4 is 21.7 Å². The number of nitrogens with two attached hydrogens (primary N) is 1. The number of nitrogen functional groups attached to an aromatic ring is 1. The standard InChI is InChI=1S/C11H22N6O2S/c1-8(2)9-10(14-7-15-11(9)17-12)13-5-4-6-16-20(3,18)19/h7-8,16H,4-6,12H2,1-3H3,(H2,13,14,15,17). The number of anilines is 2. The van der Waals surface area contributed by atoms with Gasteiger partial charge in [-0.05, 0) is 12.3 Å². The molecule has 0 atom stereocenters. The topological polar surface area (TPSA) is 122 Å². The molecule has 0 aliphatic rings. The lowest BCUT2D eigenvalue weighted by molar-refractivity contribution is 0.586. The van der Waals surface area contributed by atoms with Crippen LogP contribution in [0.3, 0.4) is 0 Å². The van der Waals surface area contributed by atoms with Crippen LogP contribution in [0.4, 0.5) is 11.6 Å². The minimum atomic E-state index is -3.13. The van der Waals surface area contributed by atoms with Crippen LogP contribution in [0.2, 0.25) is 0 Å². The lowest BCUT2D eigenvalue weighted by atomic mass is 10.0. The van der Waals surface area contributed by atoms with Crippen molar-refractivity contribution in [1.29, 1.82) is 0 Å². The van der Waals surface area contributed by atoms with Crippen molar-refractivity contribution in [3.8, 4) is 0 Å². The Morgan fingerprint density at radius 2 is 1.90 bits per heavy atom. The van der Waals surface area contributed by atoms with Gasteiger partial charge in [0.2, 0.25) is 10.0 Å². The fourth-order valence-corrected chi connectivity index (χ4v) is 2.27. The average molecular weight is 302 g/mol. The quantitative estimate of drug-likeness (QED) is 0.308.